The Morgan fingerprint density at radius 1 is 1.00 bits per heavy atom. The highest BCUT2D eigenvalue weighted by molar-refractivity contribution is 9.10. The van der Waals surface area contributed by atoms with Crippen LogP contribution in [0.4, 0.5) is 4.39 Å². The Bertz CT molecular complexity index is 527. The predicted molar refractivity (Wildman–Crippen MR) is 85.4 cm³/mol. The maximum absolute atomic E-state index is 13.4. The summed E-state index contributed by atoms with van der Waals surface area (Å²) in [4.78, 5) is 2.21. The van der Waals surface area contributed by atoms with Crippen LogP contribution in [-0.4, -0.2) is 17.3 Å². The fraction of sp³-hybridized carbons (Fsp3) is 0.250. The van der Waals surface area contributed by atoms with Crippen LogP contribution < -0.4 is 0 Å². The van der Waals surface area contributed by atoms with Crippen LogP contribution in [0.2, 0.25) is 0 Å². The largest absolute Gasteiger partial charge is 0.294 e. The molecule has 0 aromatic heterocycles. The van der Waals surface area contributed by atoms with E-state index in [0.29, 0.717) is 12.4 Å². The van der Waals surface area contributed by atoms with Gasteiger partial charge in [-0.1, -0.05) is 46.3 Å². The van der Waals surface area contributed by atoms with E-state index in [2.05, 4.69) is 33.0 Å². The minimum Gasteiger partial charge on any atom is -0.294 e. The molecule has 4 heteroatoms. The Balaban J connectivity index is 2.08. The SMILES string of the molecule is Fc1cc(Br)cc(CN(CCCl)Cc2ccccc2)c1. The molecule has 2 rings (SSSR count). The van der Waals surface area contributed by atoms with E-state index >= 15 is 0 Å². The van der Waals surface area contributed by atoms with E-state index in [0.717, 1.165) is 23.1 Å². The van der Waals surface area contributed by atoms with E-state index in [1.54, 1.807) is 6.07 Å². The lowest BCUT2D eigenvalue weighted by molar-refractivity contribution is 0.272. The third kappa shape index (κ3) is 4.89. The highest BCUT2D eigenvalue weighted by Crippen LogP contribution is 2.17. The molecule has 2 aromatic carbocycles. The molecule has 0 atom stereocenters. The molecule has 0 saturated carbocycles. The molecule has 0 aliphatic heterocycles. The van der Waals surface area contributed by atoms with E-state index in [1.165, 1.54) is 11.6 Å². The molecule has 0 fully saturated rings. The first kappa shape index (κ1) is 15.5. The maximum Gasteiger partial charge on any atom is 0.124 e. The van der Waals surface area contributed by atoms with Gasteiger partial charge in [-0.3, -0.25) is 4.90 Å². The van der Waals surface area contributed by atoms with Crippen LogP contribution in [0.1, 0.15) is 11.1 Å². The molecule has 0 unspecified atom stereocenters. The van der Waals surface area contributed by atoms with Crippen LogP contribution in [-0.2, 0) is 13.1 Å². The van der Waals surface area contributed by atoms with Gasteiger partial charge in [0.05, 0.1) is 0 Å². The van der Waals surface area contributed by atoms with Gasteiger partial charge in [0.25, 0.3) is 0 Å². The molecule has 0 aliphatic carbocycles. The topological polar surface area (TPSA) is 3.24 Å². The van der Waals surface area contributed by atoms with Gasteiger partial charge < -0.3 is 0 Å². The monoisotopic (exact) mass is 355 g/mol. The first-order valence-electron chi connectivity index (χ1n) is 6.44. The van der Waals surface area contributed by atoms with E-state index in [4.69, 9.17) is 11.6 Å². The first-order valence-corrected chi connectivity index (χ1v) is 7.77. The van der Waals surface area contributed by atoms with Crippen molar-refractivity contribution < 1.29 is 4.39 Å². The van der Waals surface area contributed by atoms with Gasteiger partial charge in [-0.05, 0) is 29.3 Å². The van der Waals surface area contributed by atoms with Gasteiger partial charge in [0.2, 0.25) is 0 Å². The zero-order valence-corrected chi connectivity index (χ0v) is 13.4. The van der Waals surface area contributed by atoms with Crippen LogP contribution >= 0.6 is 27.5 Å². The average Bonchev–Trinajstić information content (AvgIpc) is 2.39. The normalized spacial score (nSPS) is 11.0. The Hall–Kier alpha value is -0.900. The summed E-state index contributed by atoms with van der Waals surface area (Å²) >= 11 is 9.19. The first-order chi connectivity index (χ1) is 9.67. The molecule has 0 N–H and O–H groups in total. The molecule has 0 spiro atoms. The molecular weight excluding hydrogens is 341 g/mol. The van der Waals surface area contributed by atoms with Gasteiger partial charge in [0, 0.05) is 30.0 Å². The molecule has 0 radical (unpaired) electrons. The molecule has 0 amide bonds. The van der Waals surface area contributed by atoms with Crippen LogP contribution in [0.15, 0.2) is 53.0 Å². The quantitative estimate of drug-likeness (QED) is 0.670. The minimum absolute atomic E-state index is 0.222. The van der Waals surface area contributed by atoms with Crippen LogP contribution in [0.3, 0.4) is 0 Å². The second-order valence-corrected chi connectivity index (χ2v) is 5.96. The molecular formula is C16H16BrClFN. The van der Waals surface area contributed by atoms with Crippen LogP contribution in [0.5, 0.6) is 0 Å². The number of rotatable bonds is 6. The van der Waals surface area contributed by atoms with Gasteiger partial charge >= 0.3 is 0 Å². The molecule has 0 bridgehead atoms. The lowest BCUT2D eigenvalue weighted by atomic mass is 10.1. The van der Waals surface area contributed by atoms with Crippen molar-refractivity contribution in [3.63, 3.8) is 0 Å². The Morgan fingerprint density at radius 2 is 1.70 bits per heavy atom. The van der Waals surface area contributed by atoms with Crippen LogP contribution in [0, 0.1) is 5.82 Å². The van der Waals surface area contributed by atoms with Gasteiger partial charge in [0.15, 0.2) is 0 Å². The molecule has 0 saturated heterocycles. The average molecular weight is 357 g/mol. The molecule has 1 nitrogen and oxygen atoms in total. The summed E-state index contributed by atoms with van der Waals surface area (Å²) in [5.41, 5.74) is 2.17. The van der Waals surface area contributed by atoms with Gasteiger partial charge in [-0.2, -0.15) is 0 Å². The van der Waals surface area contributed by atoms with Crippen molar-refractivity contribution in [1.82, 2.24) is 4.90 Å². The number of nitrogens with zero attached hydrogens (tertiary/aromatic N) is 1. The van der Waals surface area contributed by atoms with E-state index < -0.39 is 0 Å². The second kappa shape index (κ2) is 7.77. The summed E-state index contributed by atoms with van der Waals surface area (Å²) in [5.74, 6) is 0.337. The van der Waals surface area contributed by atoms with Gasteiger partial charge in [-0.25, -0.2) is 4.39 Å². The van der Waals surface area contributed by atoms with Crippen molar-refractivity contribution in [3.8, 4) is 0 Å². The maximum atomic E-state index is 13.4. The van der Waals surface area contributed by atoms with E-state index in [9.17, 15) is 4.39 Å². The summed E-state index contributed by atoms with van der Waals surface area (Å²) in [7, 11) is 0. The highest BCUT2D eigenvalue weighted by Gasteiger charge is 2.08. The standard InChI is InChI=1S/C16H16BrClFN/c17-15-8-14(9-16(19)10-15)12-20(7-6-18)11-13-4-2-1-3-5-13/h1-5,8-10H,6-7,11-12H2. The van der Waals surface area contributed by atoms with Crippen molar-refractivity contribution in [1.29, 1.82) is 0 Å². The zero-order valence-electron chi connectivity index (χ0n) is 11.0. The van der Waals surface area contributed by atoms with Gasteiger partial charge in [-0.15, -0.1) is 11.6 Å². The second-order valence-electron chi connectivity index (χ2n) is 4.66. The smallest absolute Gasteiger partial charge is 0.124 e. The predicted octanol–water partition coefficient (Wildman–Crippen LogP) is 4.83. The molecule has 0 heterocycles. The van der Waals surface area contributed by atoms with Crippen molar-refractivity contribution in [2.75, 3.05) is 12.4 Å². The molecule has 20 heavy (non-hydrogen) atoms. The third-order valence-corrected chi connectivity index (χ3v) is 3.61. The summed E-state index contributed by atoms with van der Waals surface area (Å²) in [6, 6.07) is 15.2. The number of alkyl halides is 1. The lowest BCUT2D eigenvalue weighted by Gasteiger charge is -2.21. The van der Waals surface area contributed by atoms with Gasteiger partial charge in [0.1, 0.15) is 5.82 Å². The van der Waals surface area contributed by atoms with Crippen molar-refractivity contribution >= 4 is 27.5 Å². The molecule has 2 aromatic rings. The summed E-state index contributed by atoms with van der Waals surface area (Å²) < 4.78 is 14.2. The number of benzene rings is 2. The summed E-state index contributed by atoms with van der Waals surface area (Å²) in [6.45, 7) is 2.25. The third-order valence-electron chi connectivity index (χ3n) is 2.98. The fourth-order valence-electron chi connectivity index (χ4n) is 2.14. The van der Waals surface area contributed by atoms with Crippen molar-refractivity contribution in [2.24, 2.45) is 0 Å². The Labute approximate surface area is 132 Å². The number of halogens is 3. The zero-order chi connectivity index (χ0) is 14.4. The summed E-state index contributed by atoms with van der Waals surface area (Å²) in [6.07, 6.45) is 0. The fourth-order valence-corrected chi connectivity index (χ4v) is 2.89. The summed E-state index contributed by atoms with van der Waals surface area (Å²) in [5, 5.41) is 0. The number of hydrogen-bond donors (Lipinski definition) is 0. The van der Waals surface area contributed by atoms with E-state index in [1.807, 2.05) is 24.3 Å². The Kier molecular flexibility index (Phi) is 6.02. The van der Waals surface area contributed by atoms with E-state index in [-0.39, 0.29) is 5.82 Å². The Morgan fingerprint density at radius 3 is 2.35 bits per heavy atom. The number of hydrogen-bond acceptors (Lipinski definition) is 1. The highest BCUT2D eigenvalue weighted by atomic mass is 79.9. The molecule has 0 aliphatic rings. The van der Waals surface area contributed by atoms with Crippen molar-refractivity contribution in [3.05, 3.63) is 69.9 Å². The molecule has 106 valence electrons. The van der Waals surface area contributed by atoms with Crippen LogP contribution in [0.25, 0.3) is 0 Å². The minimum atomic E-state index is -0.222. The lowest BCUT2D eigenvalue weighted by Crippen LogP contribution is -2.25. The van der Waals surface area contributed by atoms with Crippen molar-refractivity contribution in [2.45, 2.75) is 13.1 Å².